The van der Waals surface area contributed by atoms with E-state index in [0.717, 1.165) is 33.0 Å². The van der Waals surface area contributed by atoms with E-state index in [4.69, 9.17) is 26.1 Å². The molecular weight excluding hydrogens is 632 g/mol. The van der Waals surface area contributed by atoms with Crippen LogP contribution >= 0.6 is 11.6 Å². The van der Waals surface area contributed by atoms with Crippen LogP contribution in [0.3, 0.4) is 0 Å². The average Bonchev–Trinajstić information content (AvgIpc) is 3.56. The monoisotopic (exact) mass is 670 g/mol. The molecule has 2 heterocycles. The number of aromatic amines is 1. The SMILES string of the molecule is COC(=O)c1ccc2c(c1)nc(NCCCNC(=O)CCN(Cc1ccc(-c3ccccc3)c(Cl)c1)C(=O)OC(C)(C)C)c1[nH]ncc12. The number of anilines is 1. The van der Waals surface area contributed by atoms with E-state index in [2.05, 4.69) is 20.8 Å². The van der Waals surface area contributed by atoms with Crippen LogP contribution in [0.2, 0.25) is 5.02 Å². The van der Waals surface area contributed by atoms with Crippen LogP contribution in [0.1, 0.15) is 49.5 Å². The molecule has 0 bridgehead atoms. The van der Waals surface area contributed by atoms with E-state index in [1.54, 1.807) is 39.1 Å². The summed E-state index contributed by atoms with van der Waals surface area (Å²) < 4.78 is 10.5. The number of nitrogens with one attached hydrogen (secondary N) is 3. The molecule has 250 valence electrons. The number of carbonyl (C=O) groups excluding carboxylic acids is 3. The van der Waals surface area contributed by atoms with Crippen molar-refractivity contribution in [2.24, 2.45) is 0 Å². The predicted octanol–water partition coefficient (Wildman–Crippen LogP) is 6.96. The van der Waals surface area contributed by atoms with Crippen molar-refractivity contribution in [3.8, 4) is 11.1 Å². The molecule has 5 aromatic rings. The Hall–Kier alpha value is -5.16. The molecule has 0 atom stereocenters. The van der Waals surface area contributed by atoms with Gasteiger partial charge in [-0.3, -0.25) is 9.89 Å². The molecule has 12 heteroatoms. The van der Waals surface area contributed by atoms with Crippen molar-refractivity contribution in [2.75, 3.05) is 32.1 Å². The summed E-state index contributed by atoms with van der Waals surface area (Å²) in [6, 6.07) is 20.8. The number of H-pyrrole nitrogens is 1. The van der Waals surface area contributed by atoms with Crippen molar-refractivity contribution in [3.63, 3.8) is 0 Å². The lowest BCUT2D eigenvalue weighted by atomic mass is 10.0. The Morgan fingerprint density at radius 3 is 2.50 bits per heavy atom. The highest BCUT2D eigenvalue weighted by molar-refractivity contribution is 6.33. The molecular formula is C36H39ClN6O5. The van der Waals surface area contributed by atoms with E-state index in [1.807, 2.05) is 54.6 Å². The van der Waals surface area contributed by atoms with E-state index in [0.29, 0.717) is 41.4 Å². The first-order valence-corrected chi connectivity index (χ1v) is 16.1. The molecule has 0 saturated carbocycles. The van der Waals surface area contributed by atoms with Crippen molar-refractivity contribution in [2.45, 2.75) is 45.8 Å². The number of halogens is 1. The van der Waals surface area contributed by atoms with Gasteiger partial charge in [-0.25, -0.2) is 14.6 Å². The summed E-state index contributed by atoms with van der Waals surface area (Å²) in [5, 5.41) is 15.7. The fraction of sp³-hybridized carbons (Fsp3) is 0.306. The van der Waals surface area contributed by atoms with Crippen molar-refractivity contribution in [1.29, 1.82) is 0 Å². The third-order valence-corrected chi connectivity index (χ3v) is 7.85. The number of esters is 1. The second-order valence-corrected chi connectivity index (χ2v) is 12.7. The number of hydrogen-bond acceptors (Lipinski definition) is 8. The van der Waals surface area contributed by atoms with Crippen LogP contribution in [-0.4, -0.2) is 70.4 Å². The Labute approximate surface area is 284 Å². The number of nitrogens with zero attached hydrogens (tertiary/aromatic N) is 3. The van der Waals surface area contributed by atoms with Gasteiger partial charge in [0.1, 0.15) is 11.1 Å². The van der Waals surface area contributed by atoms with Crippen LogP contribution in [0.15, 0.2) is 72.9 Å². The summed E-state index contributed by atoms with van der Waals surface area (Å²) >= 11 is 6.62. The minimum Gasteiger partial charge on any atom is -0.465 e. The fourth-order valence-corrected chi connectivity index (χ4v) is 5.52. The normalized spacial score (nSPS) is 11.4. The lowest BCUT2D eigenvalue weighted by molar-refractivity contribution is -0.121. The Bertz CT molecular complexity index is 1920. The average molecular weight is 671 g/mol. The van der Waals surface area contributed by atoms with Gasteiger partial charge in [-0.05, 0) is 56.5 Å². The summed E-state index contributed by atoms with van der Waals surface area (Å²) in [5.41, 5.74) is 3.82. The van der Waals surface area contributed by atoms with E-state index >= 15 is 0 Å². The first-order chi connectivity index (χ1) is 23.0. The molecule has 0 fully saturated rings. The van der Waals surface area contributed by atoms with Gasteiger partial charge in [0.05, 0.1) is 24.4 Å². The molecule has 2 amide bonds. The molecule has 2 aromatic heterocycles. The quantitative estimate of drug-likeness (QED) is 0.0956. The highest BCUT2D eigenvalue weighted by Crippen LogP contribution is 2.30. The van der Waals surface area contributed by atoms with Gasteiger partial charge in [-0.1, -0.05) is 60.1 Å². The van der Waals surface area contributed by atoms with Crippen LogP contribution in [0, 0.1) is 0 Å². The minimum atomic E-state index is -0.690. The number of aromatic nitrogens is 3. The largest absolute Gasteiger partial charge is 0.465 e. The highest BCUT2D eigenvalue weighted by Gasteiger charge is 2.23. The Morgan fingerprint density at radius 2 is 1.77 bits per heavy atom. The molecule has 3 N–H and O–H groups in total. The number of carbonyl (C=O) groups is 3. The van der Waals surface area contributed by atoms with Gasteiger partial charge in [0, 0.05) is 54.0 Å². The van der Waals surface area contributed by atoms with Crippen molar-refractivity contribution < 1.29 is 23.9 Å². The molecule has 0 aliphatic rings. The van der Waals surface area contributed by atoms with Crippen molar-refractivity contribution in [1.82, 2.24) is 25.4 Å². The van der Waals surface area contributed by atoms with E-state index in [-0.39, 0.29) is 25.4 Å². The van der Waals surface area contributed by atoms with Crippen LogP contribution < -0.4 is 10.6 Å². The number of pyridine rings is 1. The van der Waals surface area contributed by atoms with Crippen molar-refractivity contribution in [3.05, 3.63) is 89.1 Å². The molecule has 0 unspecified atom stereocenters. The summed E-state index contributed by atoms with van der Waals surface area (Å²) in [6.07, 6.45) is 1.93. The Balaban J connectivity index is 1.15. The van der Waals surface area contributed by atoms with Gasteiger partial charge in [-0.15, -0.1) is 0 Å². The lowest BCUT2D eigenvalue weighted by Gasteiger charge is -2.27. The van der Waals surface area contributed by atoms with Crippen LogP contribution in [-0.2, 0) is 20.8 Å². The summed E-state index contributed by atoms with van der Waals surface area (Å²) in [6.45, 7) is 6.76. The Morgan fingerprint density at radius 1 is 0.979 bits per heavy atom. The fourth-order valence-electron chi connectivity index (χ4n) is 5.21. The van der Waals surface area contributed by atoms with Gasteiger partial charge in [0.15, 0.2) is 5.82 Å². The molecule has 0 aliphatic heterocycles. The van der Waals surface area contributed by atoms with Gasteiger partial charge >= 0.3 is 12.1 Å². The number of methoxy groups -OCH3 is 1. The number of hydrogen-bond donors (Lipinski definition) is 3. The summed E-state index contributed by atoms with van der Waals surface area (Å²) in [4.78, 5) is 44.2. The molecule has 0 aliphatic carbocycles. The number of fused-ring (bicyclic) bond motifs is 3. The maximum absolute atomic E-state index is 13.1. The number of amides is 2. The van der Waals surface area contributed by atoms with Gasteiger partial charge in [-0.2, -0.15) is 5.10 Å². The number of benzene rings is 3. The zero-order valence-corrected chi connectivity index (χ0v) is 28.2. The zero-order valence-electron chi connectivity index (χ0n) is 27.4. The number of ether oxygens (including phenoxy) is 2. The van der Waals surface area contributed by atoms with Gasteiger partial charge in [0.25, 0.3) is 0 Å². The second-order valence-electron chi connectivity index (χ2n) is 12.3. The molecule has 0 radical (unpaired) electrons. The zero-order chi connectivity index (χ0) is 34.3. The molecule has 5 rings (SSSR count). The first-order valence-electron chi connectivity index (χ1n) is 15.7. The summed E-state index contributed by atoms with van der Waals surface area (Å²) in [7, 11) is 1.34. The third kappa shape index (κ3) is 8.60. The van der Waals surface area contributed by atoms with Crippen molar-refractivity contribution >= 4 is 57.2 Å². The number of rotatable bonds is 12. The van der Waals surface area contributed by atoms with Gasteiger partial charge in [0.2, 0.25) is 5.91 Å². The van der Waals surface area contributed by atoms with E-state index in [9.17, 15) is 14.4 Å². The molecule has 0 spiro atoms. The lowest BCUT2D eigenvalue weighted by Crippen LogP contribution is -2.39. The smallest absolute Gasteiger partial charge is 0.410 e. The standard InChI is InChI=1S/C36H39ClN6O5/c1-36(2,3)48-35(46)43(22-23-11-13-26(29(37)19-23)24-9-6-5-7-10-24)18-15-31(44)38-16-8-17-39-33-32-28(21-40-42-32)27-14-12-25(34(45)47-4)20-30(27)41-33/h5-7,9-14,19-21H,8,15-18,22H2,1-4H3,(H,38,44)(H,39,41)(H,40,42). The van der Waals surface area contributed by atoms with E-state index in [1.165, 1.54) is 12.0 Å². The Kier molecular flexibility index (Phi) is 10.8. The molecule has 3 aromatic carbocycles. The molecule has 48 heavy (non-hydrogen) atoms. The predicted molar refractivity (Wildman–Crippen MR) is 187 cm³/mol. The highest BCUT2D eigenvalue weighted by atomic mass is 35.5. The maximum Gasteiger partial charge on any atom is 0.410 e. The first kappa shape index (κ1) is 34.2. The molecule has 0 saturated heterocycles. The molecule has 11 nitrogen and oxygen atoms in total. The third-order valence-electron chi connectivity index (χ3n) is 7.54. The van der Waals surface area contributed by atoms with Crippen LogP contribution in [0.4, 0.5) is 10.6 Å². The summed E-state index contributed by atoms with van der Waals surface area (Å²) in [5.74, 6) is -0.0308. The van der Waals surface area contributed by atoms with Gasteiger partial charge < -0.3 is 25.0 Å². The minimum absolute atomic E-state index is 0.103. The van der Waals surface area contributed by atoms with Crippen LogP contribution in [0.5, 0.6) is 0 Å². The second kappa shape index (κ2) is 15.2. The topological polar surface area (TPSA) is 139 Å². The van der Waals surface area contributed by atoms with Crippen LogP contribution in [0.25, 0.3) is 32.9 Å². The maximum atomic E-state index is 13.1. The van der Waals surface area contributed by atoms with E-state index < -0.39 is 17.7 Å².